The maximum absolute atomic E-state index is 12.6. The summed E-state index contributed by atoms with van der Waals surface area (Å²) >= 11 is 0. The molecule has 0 aromatic heterocycles. The lowest BCUT2D eigenvalue weighted by Gasteiger charge is -2.20. The van der Waals surface area contributed by atoms with Crippen LogP contribution in [0.25, 0.3) is 0 Å². The van der Waals surface area contributed by atoms with Gasteiger partial charge in [-0.25, -0.2) is 8.42 Å². The fourth-order valence-corrected chi connectivity index (χ4v) is 3.89. The Morgan fingerprint density at radius 2 is 1.87 bits per heavy atom. The quantitative estimate of drug-likeness (QED) is 0.653. The van der Waals surface area contributed by atoms with Gasteiger partial charge in [0.05, 0.1) is 42.8 Å². The van der Waals surface area contributed by atoms with E-state index in [1.54, 1.807) is 19.1 Å². The van der Waals surface area contributed by atoms with E-state index in [4.69, 9.17) is 14.7 Å². The SMILES string of the molecule is CCOc1ccc(C(C)NC(=O)CN(C)S(=O)(=O)c2ccc(C#N)cc2)cc1OC. The van der Waals surface area contributed by atoms with E-state index in [9.17, 15) is 13.2 Å². The molecule has 0 saturated heterocycles. The number of amides is 1. The van der Waals surface area contributed by atoms with Gasteiger partial charge >= 0.3 is 0 Å². The van der Waals surface area contributed by atoms with E-state index >= 15 is 0 Å². The van der Waals surface area contributed by atoms with Crippen molar-refractivity contribution in [1.82, 2.24) is 9.62 Å². The monoisotopic (exact) mass is 431 g/mol. The van der Waals surface area contributed by atoms with Crippen molar-refractivity contribution in [2.45, 2.75) is 24.8 Å². The first-order valence-electron chi connectivity index (χ1n) is 9.29. The van der Waals surface area contributed by atoms with E-state index in [1.165, 1.54) is 38.4 Å². The summed E-state index contributed by atoms with van der Waals surface area (Å²) in [4.78, 5) is 12.4. The maximum Gasteiger partial charge on any atom is 0.243 e. The van der Waals surface area contributed by atoms with Crippen molar-refractivity contribution >= 4 is 15.9 Å². The minimum Gasteiger partial charge on any atom is -0.493 e. The third-order valence-electron chi connectivity index (χ3n) is 4.42. The molecule has 0 spiro atoms. The third kappa shape index (κ3) is 5.49. The second kappa shape index (κ2) is 10.1. The van der Waals surface area contributed by atoms with Gasteiger partial charge in [0.25, 0.3) is 0 Å². The minimum absolute atomic E-state index is 0.0149. The van der Waals surface area contributed by atoms with Gasteiger partial charge in [-0.15, -0.1) is 0 Å². The molecule has 1 N–H and O–H groups in total. The number of methoxy groups -OCH3 is 1. The molecule has 2 aromatic rings. The molecule has 0 heterocycles. The summed E-state index contributed by atoms with van der Waals surface area (Å²) in [6.45, 7) is 3.82. The highest BCUT2D eigenvalue weighted by molar-refractivity contribution is 7.89. The molecule has 0 aliphatic carbocycles. The Labute approximate surface area is 177 Å². The first-order chi connectivity index (χ1) is 14.2. The lowest BCUT2D eigenvalue weighted by Crippen LogP contribution is -2.39. The van der Waals surface area contributed by atoms with Crippen molar-refractivity contribution in [2.24, 2.45) is 0 Å². The number of nitrogens with one attached hydrogen (secondary N) is 1. The molecule has 8 nitrogen and oxygen atoms in total. The first kappa shape index (κ1) is 23.2. The number of benzene rings is 2. The number of hydrogen-bond acceptors (Lipinski definition) is 6. The van der Waals surface area contributed by atoms with Crippen LogP contribution >= 0.6 is 0 Å². The van der Waals surface area contributed by atoms with Gasteiger partial charge in [-0.2, -0.15) is 9.57 Å². The summed E-state index contributed by atoms with van der Waals surface area (Å²) in [5, 5.41) is 11.6. The molecular formula is C21H25N3O5S. The molecule has 0 radical (unpaired) electrons. The largest absolute Gasteiger partial charge is 0.493 e. The first-order valence-corrected chi connectivity index (χ1v) is 10.7. The number of carbonyl (C=O) groups excluding carboxylic acids is 1. The Balaban J connectivity index is 2.06. The topological polar surface area (TPSA) is 109 Å². The van der Waals surface area contributed by atoms with Crippen molar-refractivity contribution in [3.8, 4) is 17.6 Å². The lowest BCUT2D eigenvalue weighted by molar-refractivity contribution is -0.121. The van der Waals surface area contributed by atoms with Crippen LogP contribution in [0.5, 0.6) is 11.5 Å². The zero-order chi connectivity index (χ0) is 22.3. The van der Waals surface area contributed by atoms with Crippen molar-refractivity contribution in [3.63, 3.8) is 0 Å². The molecule has 0 aliphatic rings. The van der Waals surface area contributed by atoms with Gasteiger partial charge in [-0.05, 0) is 55.8 Å². The number of nitrogens with zero attached hydrogens (tertiary/aromatic N) is 2. The van der Waals surface area contributed by atoms with Gasteiger partial charge in [-0.1, -0.05) is 6.07 Å². The van der Waals surface area contributed by atoms with Crippen LogP contribution in [0.3, 0.4) is 0 Å². The highest BCUT2D eigenvalue weighted by atomic mass is 32.2. The number of carbonyl (C=O) groups is 1. The summed E-state index contributed by atoms with van der Waals surface area (Å²) in [6, 6.07) is 12.4. The van der Waals surface area contributed by atoms with E-state index in [1.807, 2.05) is 19.1 Å². The second-order valence-corrected chi connectivity index (χ2v) is 8.57. The van der Waals surface area contributed by atoms with Crippen LogP contribution in [0, 0.1) is 11.3 Å². The zero-order valence-corrected chi connectivity index (χ0v) is 18.2. The van der Waals surface area contributed by atoms with Gasteiger partial charge in [0.15, 0.2) is 11.5 Å². The van der Waals surface area contributed by atoms with Crippen LogP contribution in [0.2, 0.25) is 0 Å². The highest BCUT2D eigenvalue weighted by Gasteiger charge is 2.24. The number of hydrogen-bond donors (Lipinski definition) is 1. The summed E-state index contributed by atoms with van der Waals surface area (Å²) in [5.74, 6) is 0.710. The fraction of sp³-hybridized carbons (Fsp3) is 0.333. The van der Waals surface area contributed by atoms with Gasteiger partial charge in [0, 0.05) is 7.05 Å². The van der Waals surface area contributed by atoms with Gasteiger partial charge in [0.2, 0.25) is 15.9 Å². The molecule has 30 heavy (non-hydrogen) atoms. The number of likely N-dealkylation sites (N-methyl/N-ethyl adjacent to an activating group) is 1. The van der Waals surface area contributed by atoms with Gasteiger partial charge in [0.1, 0.15) is 0 Å². The molecule has 2 aromatic carbocycles. The van der Waals surface area contributed by atoms with Crippen LogP contribution in [-0.2, 0) is 14.8 Å². The molecule has 0 aliphatic heterocycles. The highest BCUT2D eigenvalue weighted by Crippen LogP contribution is 2.30. The van der Waals surface area contributed by atoms with Crippen LogP contribution in [0.15, 0.2) is 47.4 Å². The summed E-state index contributed by atoms with van der Waals surface area (Å²) in [6.07, 6.45) is 0. The van der Waals surface area contributed by atoms with E-state index in [0.29, 0.717) is 23.7 Å². The average Bonchev–Trinajstić information content (AvgIpc) is 2.73. The molecule has 0 saturated carbocycles. The van der Waals surface area contributed by atoms with Crippen LogP contribution < -0.4 is 14.8 Å². The molecule has 0 bridgehead atoms. The Bertz CT molecular complexity index is 1030. The zero-order valence-electron chi connectivity index (χ0n) is 17.4. The van der Waals surface area contributed by atoms with Crippen molar-refractivity contribution in [2.75, 3.05) is 27.3 Å². The molecule has 9 heteroatoms. The number of sulfonamides is 1. The maximum atomic E-state index is 12.6. The Hall–Kier alpha value is -3.09. The molecule has 1 amide bonds. The fourth-order valence-electron chi connectivity index (χ4n) is 2.77. The van der Waals surface area contributed by atoms with Crippen molar-refractivity contribution in [3.05, 3.63) is 53.6 Å². The molecule has 160 valence electrons. The van der Waals surface area contributed by atoms with E-state index in [2.05, 4.69) is 5.32 Å². The van der Waals surface area contributed by atoms with Crippen LogP contribution in [0.4, 0.5) is 0 Å². The molecule has 0 fully saturated rings. The minimum atomic E-state index is -3.86. The van der Waals surface area contributed by atoms with Crippen LogP contribution in [0.1, 0.15) is 31.0 Å². The van der Waals surface area contributed by atoms with E-state index < -0.39 is 15.9 Å². The average molecular weight is 432 g/mol. The normalized spacial score (nSPS) is 12.1. The smallest absolute Gasteiger partial charge is 0.243 e. The predicted octanol–water partition coefficient (Wildman–Crippen LogP) is 2.46. The summed E-state index contributed by atoms with van der Waals surface area (Å²) in [5.41, 5.74) is 1.15. The van der Waals surface area contributed by atoms with Gasteiger partial charge < -0.3 is 14.8 Å². The number of ether oxygens (including phenoxy) is 2. The Morgan fingerprint density at radius 1 is 1.20 bits per heavy atom. The van der Waals surface area contributed by atoms with Crippen molar-refractivity contribution in [1.29, 1.82) is 5.26 Å². The van der Waals surface area contributed by atoms with E-state index in [-0.39, 0.29) is 17.5 Å². The predicted molar refractivity (Wildman–Crippen MR) is 112 cm³/mol. The standard InChI is InChI=1S/C21H25N3O5S/c1-5-29-19-11-8-17(12-20(19)28-4)15(2)23-21(25)14-24(3)30(26,27)18-9-6-16(13-22)7-10-18/h6-12,15H,5,14H2,1-4H3,(H,23,25). The third-order valence-corrected chi connectivity index (χ3v) is 6.24. The Morgan fingerprint density at radius 3 is 2.43 bits per heavy atom. The molecule has 1 atom stereocenters. The second-order valence-electron chi connectivity index (χ2n) is 6.53. The molecule has 1 unspecified atom stereocenters. The molecular weight excluding hydrogens is 406 g/mol. The number of rotatable bonds is 9. The van der Waals surface area contributed by atoms with E-state index in [0.717, 1.165) is 9.87 Å². The van der Waals surface area contributed by atoms with Crippen LogP contribution in [-0.4, -0.2) is 45.9 Å². The summed E-state index contributed by atoms with van der Waals surface area (Å²) < 4.78 is 37.1. The van der Waals surface area contributed by atoms with Gasteiger partial charge in [-0.3, -0.25) is 4.79 Å². The number of nitriles is 1. The lowest BCUT2D eigenvalue weighted by atomic mass is 10.1. The Kier molecular flexibility index (Phi) is 7.80. The summed E-state index contributed by atoms with van der Waals surface area (Å²) in [7, 11) is -0.989. The molecule has 2 rings (SSSR count). The van der Waals surface area contributed by atoms with Crippen molar-refractivity contribution < 1.29 is 22.7 Å².